The smallest absolute Gasteiger partial charge is 0.324 e. The van der Waals surface area contributed by atoms with Crippen LogP contribution < -0.4 is 0 Å². The Hall–Kier alpha value is -1.59. The minimum absolute atomic E-state index is 0.117. The summed E-state index contributed by atoms with van der Waals surface area (Å²) in [5.74, 6) is -2.07. The van der Waals surface area contributed by atoms with Gasteiger partial charge in [0, 0.05) is 0 Å². The fourth-order valence-corrected chi connectivity index (χ4v) is 2.47. The van der Waals surface area contributed by atoms with Crippen molar-refractivity contribution in [1.29, 1.82) is 0 Å². The van der Waals surface area contributed by atoms with Crippen molar-refractivity contribution in [2.75, 3.05) is 6.61 Å². The monoisotopic (exact) mass is 372 g/mol. The summed E-state index contributed by atoms with van der Waals surface area (Å²) in [6.45, 7) is 14.2. The van der Waals surface area contributed by atoms with Gasteiger partial charge in [0.2, 0.25) is 0 Å². The molecule has 0 aliphatic rings. The molecule has 0 radical (unpaired) electrons. The first-order valence-corrected chi connectivity index (χ1v) is 9.40. The van der Waals surface area contributed by atoms with Crippen LogP contribution >= 0.6 is 0 Å². The molecule has 1 unspecified atom stereocenters. The van der Waals surface area contributed by atoms with E-state index in [9.17, 15) is 14.4 Å². The van der Waals surface area contributed by atoms with Crippen LogP contribution in [0.5, 0.6) is 0 Å². The van der Waals surface area contributed by atoms with Gasteiger partial charge in [-0.05, 0) is 54.9 Å². The Morgan fingerprint density at radius 3 is 1.73 bits per heavy atom. The highest BCUT2D eigenvalue weighted by Gasteiger charge is 2.51. The van der Waals surface area contributed by atoms with Crippen LogP contribution in [-0.2, 0) is 28.6 Å². The molecule has 0 aliphatic heterocycles. The van der Waals surface area contributed by atoms with Gasteiger partial charge in [0.05, 0.1) is 13.0 Å². The molecule has 6 heteroatoms. The predicted molar refractivity (Wildman–Crippen MR) is 99.5 cm³/mol. The lowest BCUT2D eigenvalue weighted by molar-refractivity contribution is -0.186. The molecule has 0 aromatic rings. The maximum Gasteiger partial charge on any atom is 0.324 e. The van der Waals surface area contributed by atoms with Crippen molar-refractivity contribution < 1.29 is 28.6 Å². The maximum absolute atomic E-state index is 13.0. The molecule has 0 N–H and O–H groups in total. The Morgan fingerprint density at radius 1 is 0.769 bits per heavy atom. The molecule has 152 valence electrons. The molecule has 0 amide bonds. The SMILES string of the molecule is CCCCCC(CC(=O)OC(C)(C)C)(C(=O)OCC)C(=O)OC(C)(C)C. The average Bonchev–Trinajstić information content (AvgIpc) is 2.42. The Kier molecular flexibility index (Phi) is 9.32. The molecular weight excluding hydrogens is 336 g/mol. The Balaban J connectivity index is 5.80. The standard InChI is InChI=1S/C20H36O6/c1-9-11-12-13-20(16(22)24-10-2,17(23)26-19(6,7)8)14-15(21)25-18(3,4)5/h9-14H2,1-8H3. The van der Waals surface area contributed by atoms with Crippen molar-refractivity contribution in [1.82, 2.24) is 0 Å². The average molecular weight is 373 g/mol. The zero-order valence-electron chi connectivity index (χ0n) is 17.7. The van der Waals surface area contributed by atoms with Gasteiger partial charge >= 0.3 is 17.9 Å². The van der Waals surface area contributed by atoms with Gasteiger partial charge in [-0.1, -0.05) is 26.2 Å². The largest absolute Gasteiger partial charge is 0.465 e. The molecule has 0 bridgehead atoms. The van der Waals surface area contributed by atoms with E-state index < -0.39 is 34.5 Å². The van der Waals surface area contributed by atoms with Gasteiger partial charge in [0.1, 0.15) is 11.2 Å². The lowest BCUT2D eigenvalue weighted by Gasteiger charge is -2.33. The normalized spacial score (nSPS) is 14.3. The Morgan fingerprint density at radius 2 is 1.31 bits per heavy atom. The quantitative estimate of drug-likeness (QED) is 0.261. The highest BCUT2D eigenvalue weighted by molar-refractivity contribution is 6.03. The summed E-state index contributed by atoms with van der Waals surface area (Å²) in [5, 5.41) is 0. The highest BCUT2D eigenvalue weighted by Crippen LogP contribution is 2.35. The fourth-order valence-electron chi connectivity index (χ4n) is 2.47. The summed E-state index contributed by atoms with van der Waals surface area (Å²) < 4.78 is 16.0. The zero-order chi connectivity index (χ0) is 20.6. The molecule has 0 rings (SSSR count). The summed E-state index contributed by atoms with van der Waals surface area (Å²) in [7, 11) is 0. The van der Waals surface area contributed by atoms with Crippen molar-refractivity contribution in [2.45, 2.75) is 98.7 Å². The van der Waals surface area contributed by atoms with E-state index in [1.54, 1.807) is 48.5 Å². The Labute approximate surface area is 157 Å². The third kappa shape index (κ3) is 8.68. The predicted octanol–water partition coefficient (Wildman–Crippen LogP) is 4.19. The van der Waals surface area contributed by atoms with E-state index in [1.165, 1.54) is 0 Å². The topological polar surface area (TPSA) is 78.9 Å². The first-order valence-electron chi connectivity index (χ1n) is 9.40. The van der Waals surface area contributed by atoms with Crippen LogP contribution in [0, 0.1) is 5.41 Å². The molecule has 1 atom stereocenters. The lowest BCUT2D eigenvalue weighted by atomic mass is 9.79. The number of esters is 3. The molecule has 6 nitrogen and oxygen atoms in total. The van der Waals surface area contributed by atoms with E-state index in [4.69, 9.17) is 14.2 Å². The molecule has 0 fully saturated rings. The third-order valence-corrected chi connectivity index (χ3v) is 3.53. The summed E-state index contributed by atoms with van der Waals surface area (Å²) >= 11 is 0. The third-order valence-electron chi connectivity index (χ3n) is 3.53. The molecule has 0 aromatic carbocycles. The van der Waals surface area contributed by atoms with Crippen LogP contribution in [-0.4, -0.2) is 35.7 Å². The summed E-state index contributed by atoms with van der Waals surface area (Å²) in [4.78, 5) is 38.2. The number of ether oxygens (including phenoxy) is 3. The molecule has 26 heavy (non-hydrogen) atoms. The highest BCUT2D eigenvalue weighted by atomic mass is 16.6. The minimum Gasteiger partial charge on any atom is -0.465 e. The molecule has 0 heterocycles. The van der Waals surface area contributed by atoms with Crippen molar-refractivity contribution in [3.63, 3.8) is 0 Å². The van der Waals surface area contributed by atoms with Crippen LogP contribution in [0.3, 0.4) is 0 Å². The van der Waals surface area contributed by atoms with Crippen LogP contribution in [0.2, 0.25) is 0 Å². The zero-order valence-corrected chi connectivity index (χ0v) is 17.7. The van der Waals surface area contributed by atoms with E-state index >= 15 is 0 Å². The van der Waals surface area contributed by atoms with Crippen molar-refractivity contribution in [3.8, 4) is 0 Å². The Bertz CT molecular complexity index is 484. The minimum atomic E-state index is -1.68. The van der Waals surface area contributed by atoms with E-state index in [0.29, 0.717) is 6.42 Å². The van der Waals surface area contributed by atoms with Gasteiger partial charge in [-0.15, -0.1) is 0 Å². The number of carbonyl (C=O) groups is 3. The molecule has 0 aliphatic carbocycles. The summed E-state index contributed by atoms with van der Waals surface area (Å²) in [6, 6.07) is 0. The second-order valence-corrected chi connectivity index (χ2v) is 8.52. The second kappa shape index (κ2) is 9.93. The van der Waals surface area contributed by atoms with E-state index in [1.807, 2.05) is 6.92 Å². The van der Waals surface area contributed by atoms with Gasteiger partial charge in [-0.2, -0.15) is 0 Å². The van der Waals surface area contributed by atoms with Crippen LogP contribution in [0.15, 0.2) is 0 Å². The second-order valence-electron chi connectivity index (χ2n) is 8.52. The van der Waals surface area contributed by atoms with Crippen LogP contribution in [0.25, 0.3) is 0 Å². The molecule has 0 saturated carbocycles. The first kappa shape index (κ1) is 24.4. The molecular formula is C20H36O6. The molecule has 0 saturated heterocycles. The first-order chi connectivity index (χ1) is 11.8. The summed E-state index contributed by atoms with van der Waals surface area (Å²) in [6.07, 6.45) is 2.16. The molecule has 0 spiro atoms. The number of rotatable bonds is 9. The van der Waals surface area contributed by atoms with Crippen molar-refractivity contribution >= 4 is 17.9 Å². The van der Waals surface area contributed by atoms with Gasteiger partial charge in [0.25, 0.3) is 0 Å². The van der Waals surface area contributed by atoms with E-state index in [-0.39, 0.29) is 19.4 Å². The van der Waals surface area contributed by atoms with Gasteiger partial charge in [-0.25, -0.2) is 0 Å². The lowest BCUT2D eigenvalue weighted by Crippen LogP contribution is -2.47. The van der Waals surface area contributed by atoms with Gasteiger partial charge in [0.15, 0.2) is 5.41 Å². The van der Waals surface area contributed by atoms with E-state index in [0.717, 1.165) is 12.8 Å². The van der Waals surface area contributed by atoms with Crippen molar-refractivity contribution in [3.05, 3.63) is 0 Å². The number of hydrogen-bond donors (Lipinski definition) is 0. The molecule has 0 aromatic heterocycles. The van der Waals surface area contributed by atoms with E-state index in [2.05, 4.69) is 0 Å². The maximum atomic E-state index is 13.0. The van der Waals surface area contributed by atoms with Crippen LogP contribution in [0.4, 0.5) is 0 Å². The summed E-state index contributed by atoms with van der Waals surface area (Å²) in [5.41, 5.74) is -3.18. The number of unbranched alkanes of at least 4 members (excludes halogenated alkanes) is 2. The fraction of sp³-hybridized carbons (Fsp3) is 0.850. The van der Waals surface area contributed by atoms with Gasteiger partial charge < -0.3 is 14.2 Å². The number of carbonyl (C=O) groups excluding carboxylic acids is 3. The number of hydrogen-bond acceptors (Lipinski definition) is 6. The van der Waals surface area contributed by atoms with Crippen LogP contribution in [0.1, 0.15) is 87.5 Å². The van der Waals surface area contributed by atoms with Gasteiger partial charge in [-0.3, -0.25) is 14.4 Å². The van der Waals surface area contributed by atoms with Crippen molar-refractivity contribution in [2.24, 2.45) is 5.41 Å².